The maximum atomic E-state index is 12.0. The second-order valence-electron chi connectivity index (χ2n) is 5.18. The SMILES string of the molecule is COCC1CCN(C(=O)N[C@H](CCCC(=O)O)C(=O)O)C1. The monoisotopic (exact) mass is 302 g/mol. The quantitative estimate of drug-likeness (QED) is 0.596. The third-order valence-corrected chi connectivity index (χ3v) is 3.45. The smallest absolute Gasteiger partial charge is 0.326 e. The Kier molecular flexibility index (Phi) is 6.93. The molecule has 0 radical (unpaired) electrons. The molecule has 120 valence electrons. The van der Waals surface area contributed by atoms with Crippen LogP contribution in [0.2, 0.25) is 0 Å². The second kappa shape index (κ2) is 8.46. The van der Waals surface area contributed by atoms with Gasteiger partial charge >= 0.3 is 18.0 Å². The van der Waals surface area contributed by atoms with Crippen LogP contribution in [0.25, 0.3) is 0 Å². The molecule has 0 bridgehead atoms. The lowest BCUT2D eigenvalue weighted by Crippen LogP contribution is -2.47. The largest absolute Gasteiger partial charge is 0.481 e. The number of carboxylic acid groups (broad SMARTS) is 2. The number of hydrogen-bond donors (Lipinski definition) is 3. The maximum absolute atomic E-state index is 12.0. The van der Waals surface area contributed by atoms with Crippen LogP contribution in [0.5, 0.6) is 0 Å². The molecule has 1 unspecified atom stereocenters. The van der Waals surface area contributed by atoms with Crippen molar-refractivity contribution in [3.8, 4) is 0 Å². The fourth-order valence-electron chi connectivity index (χ4n) is 2.34. The molecule has 8 nitrogen and oxygen atoms in total. The molecule has 2 amide bonds. The van der Waals surface area contributed by atoms with Gasteiger partial charge in [0, 0.05) is 32.5 Å². The average molecular weight is 302 g/mol. The Bertz CT molecular complexity index is 387. The first-order valence-electron chi connectivity index (χ1n) is 6.93. The van der Waals surface area contributed by atoms with Crippen molar-refractivity contribution in [2.24, 2.45) is 5.92 Å². The lowest BCUT2D eigenvalue weighted by molar-refractivity contribution is -0.140. The average Bonchev–Trinajstić information content (AvgIpc) is 2.86. The molecule has 1 rings (SSSR count). The first-order valence-corrected chi connectivity index (χ1v) is 6.93. The fraction of sp³-hybridized carbons (Fsp3) is 0.769. The summed E-state index contributed by atoms with van der Waals surface area (Å²) in [7, 11) is 1.60. The number of urea groups is 1. The standard InChI is InChI=1S/C13H22N2O6/c1-21-8-9-5-6-15(7-9)13(20)14-10(12(18)19)3-2-4-11(16)17/h9-10H,2-8H2,1H3,(H,14,20)(H,16,17)(H,18,19)/t9?,10-/m1/s1. The molecule has 3 N–H and O–H groups in total. The predicted molar refractivity (Wildman–Crippen MR) is 73.0 cm³/mol. The number of aliphatic carboxylic acids is 2. The fourth-order valence-corrected chi connectivity index (χ4v) is 2.34. The number of carbonyl (C=O) groups is 3. The summed E-state index contributed by atoms with van der Waals surface area (Å²) in [5, 5.41) is 20.1. The van der Waals surface area contributed by atoms with E-state index in [-0.39, 0.29) is 25.2 Å². The van der Waals surface area contributed by atoms with Gasteiger partial charge in [0.2, 0.25) is 0 Å². The van der Waals surface area contributed by atoms with Gasteiger partial charge in [0.1, 0.15) is 6.04 Å². The molecule has 1 fully saturated rings. The van der Waals surface area contributed by atoms with Crippen molar-refractivity contribution in [2.75, 3.05) is 26.8 Å². The molecule has 0 saturated carbocycles. The number of ether oxygens (including phenoxy) is 1. The first kappa shape index (κ1) is 17.2. The Morgan fingerprint density at radius 1 is 1.38 bits per heavy atom. The van der Waals surface area contributed by atoms with Crippen LogP contribution in [0, 0.1) is 5.92 Å². The Morgan fingerprint density at radius 2 is 2.10 bits per heavy atom. The number of nitrogens with one attached hydrogen (secondary N) is 1. The molecule has 0 aromatic carbocycles. The number of likely N-dealkylation sites (tertiary alicyclic amines) is 1. The number of hydrogen-bond acceptors (Lipinski definition) is 4. The molecule has 0 aliphatic carbocycles. The van der Waals surface area contributed by atoms with Crippen molar-refractivity contribution in [3.05, 3.63) is 0 Å². The van der Waals surface area contributed by atoms with E-state index in [1.165, 1.54) is 0 Å². The third kappa shape index (κ3) is 5.99. The lowest BCUT2D eigenvalue weighted by atomic mass is 10.1. The molecule has 1 aliphatic heterocycles. The van der Waals surface area contributed by atoms with Crippen LogP contribution in [-0.2, 0) is 14.3 Å². The van der Waals surface area contributed by atoms with Gasteiger partial charge in [-0.2, -0.15) is 0 Å². The number of carbonyl (C=O) groups excluding carboxylic acids is 1. The number of methoxy groups -OCH3 is 1. The molecule has 0 spiro atoms. The van der Waals surface area contributed by atoms with Gasteiger partial charge < -0.3 is 25.2 Å². The Morgan fingerprint density at radius 3 is 2.67 bits per heavy atom. The van der Waals surface area contributed by atoms with Crippen molar-refractivity contribution < 1.29 is 29.3 Å². The van der Waals surface area contributed by atoms with Crippen molar-refractivity contribution in [2.45, 2.75) is 31.7 Å². The van der Waals surface area contributed by atoms with Gasteiger partial charge in [0.25, 0.3) is 0 Å². The number of rotatable bonds is 8. The number of carboxylic acids is 2. The van der Waals surface area contributed by atoms with Crippen molar-refractivity contribution in [1.29, 1.82) is 0 Å². The van der Waals surface area contributed by atoms with Crippen LogP contribution < -0.4 is 5.32 Å². The summed E-state index contributed by atoms with van der Waals surface area (Å²) in [5.74, 6) is -1.86. The topological polar surface area (TPSA) is 116 Å². The zero-order valence-electron chi connectivity index (χ0n) is 12.1. The minimum absolute atomic E-state index is 0.0999. The molecule has 0 aromatic heterocycles. The van der Waals surface area contributed by atoms with E-state index in [1.807, 2.05) is 0 Å². The summed E-state index contributed by atoms with van der Waals surface area (Å²) in [6.07, 6.45) is 1.03. The molecule has 8 heteroatoms. The Balaban J connectivity index is 2.42. The van der Waals surface area contributed by atoms with Crippen molar-refractivity contribution in [1.82, 2.24) is 10.2 Å². The van der Waals surface area contributed by atoms with Crippen LogP contribution in [-0.4, -0.2) is 65.9 Å². The van der Waals surface area contributed by atoms with Crippen molar-refractivity contribution >= 4 is 18.0 Å². The molecule has 2 atom stereocenters. The molecule has 0 aromatic rings. The van der Waals surface area contributed by atoms with Crippen molar-refractivity contribution in [3.63, 3.8) is 0 Å². The molecule has 21 heavy (non-hydrogen) atoms. The van der Waals surface area contributed by atoms with E-state index in [9.17, 15) is 14.4 Å². The van der Waals surface area contributed by atoms with Crippen LogP contribution >= 0.6 is 0 Å². The van der Waals surface area contributed by atoms with E-state index in [0.717, 1.165) is 6.42 Å². The van der Waals surface area contributed by atoms with Gasteiger partial charge in [-0.1, -0.05) is 0 Å². The van der Waals surface area contributed by atoms with Crippen LogP contribution in [0.3, 0.4) is 0 Å². The van der Waals surface area contributed by atoms with Gasteiger partial charge in [0.15, 0.2) is 0 Å². The lowest BCUT2D eigenvalue weighted by Gasteiger charge is -2.21. The zero-order chi connectivity index (χ0) is 15.8. The second-order valence-corrected chi connectivity index (χ2v) is 5.18. The number of nitrogens with zero attached hydrogens (tertiary/aromatic N) is 1. The van der Waals surface area contributed by atoms with Crippen LogP contribution in [0.1, 0.15) is 25.7 Å². The summed E-state index contributed by atoms with van der Waals surface area (Å²) in [5.41, 5.74) is 0. The zero-order valence-corrected chi connectivity index (χ0v) is 12.1. The molecular formula is C13H22N2O6. The van der Waals surface area contributed by atoms with E-state index in [1.54, 1.807) is 12.0 Å². The maximum Gasteiger partial charge on any atom is 0.326 e. The van der Waals surface area contributed by atoms with E-state index >= 15 is 0 Å². The summed E-state index contributed by atoms with van der Waals surface area (Å²) in [6, 6.07) is -1.48. The summed E-state index contributed by atoms with van der Waals surface area (Å²) >= 11 is 0. The molecule has 1 aliphatic rings. The first-order chi connectivity index (χ1) is 9.93. The highest BCUT2D eigenvalue weighted by Gasteiger charge is 2.29. The number of amides is 2. The van der Waals surface area contributed by atoms with E-state index in [0.29, 0.717) is 19.7 Å². The normalized spacial score (nSPS) is 19.3. The predicted octanol–water partition coefficient (Wildman–Crippen LogP) is 0.372. The van der Waals surface area contributed by atoms with E-state index < -0.39 is 24.0 Å². The van der Waals surface area contributed by atoms with E-state index in [4.69, 9.17) is 14.9 Å². The highest BCUT2D eigenvalue weighted by Crippen LogP contribution is 2.16. The van der Waals surface area contributed by atoms with Gasteiger partial charge in [-0.25, -0.2) is 9.59 Å². The summed E-state index contributed by atoms with van der Waals surface area (Å²) < 4.78 is 5.04. The van der Waals surface area contributed by atoms with Gasteiger partial charge in [-0.15, -0.1) is 0 Å². The van der Waals surface area contributed by atoms with Gasteiger partial charge in [-0.3, -0.25) is 4.79 Å². The Labute approximate surface area is 123 Å². The highest BCUT2D eigenvalue weighted by molar-refractivity contribution is 5.82. The minimum Gasteiger partial charge on any atom is -0.481 e. The highest BCUT2D eigenvalue weighted by atomic mass is 16.5. The van der Waals surface area contributed by atoms with E-state index in [2.05, 4.69) is 5.32 Å². The van der Waals surface area contributed by atoms with Gasteiger partial charge in [-0.05, 0) is 19.3 Å². The minimum atomic E-state index is -1.15. The Hall–Kier alpha value is -1.83. The molecule has 1 saturated heterocycles. The molecule has 1 heterocycles. The van der Waals surface area contributed by atoms with Crippen LogP contribution in [0.4, 0.5) is 4.79 Å². The summed E-state index contributed by atoms with van der Waals surface area (Å²) in [6.45, 7) is 1.69. The van der Waals surface area contributed by atoms with Gasteiger partial charge in [0.05, 0.1) is 6.61 Å². The van der Waals surface area contributed by atoms with Crippen LogP contribution in [0.15, 0.2) is 0 Å². The molecular weight excluding hydrogens is 280 g/mol. The third-order valence-electron chi connectivity index (χ3n) is 3.45. The summed E-state index contributed by atoms with van der Waals surface area (Å²) in [4.78, 5) is 35.1.